The fourth-order valence-electron chi connectivity index (χ4n) is 7.83. The molecule has 0 aliphatic carbocycles. The normalized spacial score (nSPS) is 11.3. The number of benzene rings is 8. The molecule has 0 saturated heterocycles. The average molecular weight is 735 g/mol. The number of para-hydroxylation sites is 4. The molecule has 0 spiro atoms. The summed E-state index contributed by atoms with van der Waals surface area (Å²) in [6, 6.07) is 68.2. The minimum atomic E-state index is -0.149. The zero-order valence-electron chi connectivity index (χ0n) is 30.7. The number of hydrogen-bond acceptors (Lipinski definition) is 4. The van der Waals surface area contributed by atoms with Crippen molar-refractivity contribution in [3.8, 4) is 39.3 Å². The molecule has 10 rings (SSSR count). The quantitative estimate of drug-likeness (QED) is 0.153. The molecular formula is C52H34N2O3. The summed E-state index contributed by atoms with van der Waals surface area (Å²) in [6.45, 7) is 0. The lowest BCUT2D eigenvalue weighted by Crippen LogP contribution is -2.11. The lowest BCUT2D eigenvalue weighted by Gasteiger charge is -2.25. The van der Waals surface area contributed by atoms with E-state index in [0.29, 0.717) is 33.2 Å². The molecule has 2 aromatic heterocycles. The van der Waals surface area contributed by atoms with Crippen LogP contribution in [0.25, 0.3) is 72.0 Å². The highest BCUT2D eigenvalue weighted by molar-refractivity contribution is 6.00. The maximum Gasteiger partial charge on any atom is 0.197 e. The lowest BCUT2D eigenvalue weighted by molar-refractivity contribution is 0.617. The molecule has 0 atom stereocenters. The zero-order chi connectivity index (χ0) is 38.3. The van der Waals surface area contributed by atoms with Gasteiger partial charge in [0.1, 0.15) is 5.76 Å². The van der Waals surface area contributed by atoms with Crippen molar-refractivity contribution in [3.63, 3.8) is 0 Å². The van der Waals surface area contributed by atoms with E-state index in [2.05, 4.69) is 113 Å². The van der Waals surface area contributed by atoms with Gasteiger partial charge in [-0.25, -0.2) is 0 Å². The van der Waals surface area contributed by atoms with Crippen LogP contribution >= 0.6 is 0 Å². The SMILES string of the molecule is O=c1cc(-c2ccccc2)oc2c(-n3c4ccccc4c(=O)c4ccccc43)cc(-c3ccc(-c4ccc(N(c5ccccc5)c5ccccc5)cc4)cc3)cc12. The van der Waals surface area contributed by atoms with Crippen LogP contribution in [0.2, 0.25) is 0 Å². The third-order valence-electron chi connectivity index (χ3n) is 10.6. The summed E-state index contributed by atoms with van der Waals surface area (Å²) >= 11 is 0. The fraction of sp³-hybridized carbons (Fsp3) is 0. The van der Waals surface area contributed by atoms with E-state index in [4.69, 9.17) is 4.42 Å². The minimum absolute atomic E-state index is 0.0409. The number of rotatable bonds is 7. The van der Waals surface area contributed by atoms with Crippen LogP contribution in [0.15, 0.2) is 220 Å². The first-order chi connectivity index (χ1) is 28.1. The smallest absolute Gasteiger partial charge is 0.197 e. The number of anilines is 3. The van der Waals surface area contributed by atoms with E-state index in [1.54, 1.807) is 6.07 Å². The third-order valence-corrected chi connectivity index (χ3v) is 10.6. The molecule has 0 bridgehead atoms. The summed E-state index contributed by atoms with van der Waals surface area (Å²) in [5.74, 6) is 0.475. The number of fused-ring (bicyclic) bond motifs is 3. The molecule has 8 aromatic carbocycles. The minimum Gasteiger partial charge on any atom is -0.454 e. The molecule has 57 heavy (non-hydrogen) atoms. The van der Waals surface area contributed by atoms with Gasteiger partial charge in [-0.1, -0.05) is 127 Å². The highest BCUT2D eigenvalue weighted by Crippen LogP contribution is 2.37. The Kier molecular flexibility index (Phi) is 8.38. The van der Waals surface area contributed by atoms with Crippen LogP contribution in [0.4, 0.5) is 17.1 Å². The second-order valence-electron chi connectivity index (χ2n) is 14.0. The van der Waals surface area contributed by atoms with Crippen molar-refractivity contribution in [1.82, 2.24) is 4.57 Å². The molecule has 10 aromatic rings. The highest BCUT2D eigenvalue weighted by atomic mass is 16.3. The predicted octanol–water partition coefficient (Wildman–Crippen LogP) is 12.7. The fourth-order valence-corrected chi connectivity index (χ4v) is 7.83. The first-order valence-electron chi connectivity index (χ1n) is 18.9. The molecule has 0 unspecified atom stereocenters. The second kappa shape index (κ2) is 14.1. The summed E-state index contributed by atoms with van der Waals surface area (Å²) in [6.07, 6.45) is 0. The van der Waals surface area contributed by atoms with E-state index >= 15 is 0 Å². The molecule has 0 aliphatic heterocycles. The van der Waals surface area contributed by atoms with Crippen molar-refractivity contribution in [2.24, 2.45) is 0 Å². The van der Waals surface area contributed by atoms with Crippen molar-refractivity contribution >= 4 is 49.8 Å². The van der Waals surface area contributed by atoms with Crippen LogP contribution in [0, 0.1) is 0 Å². The van der Waals surface area contributed by atoms with Gasteiger partial charge in [0.05, 0.1) is 22.1 Å². The Morgan fingerprint density at radius 1 is 0.386 bits per heavy atom. The molecule has 270 valence electrons. The number of pyridine rings is 1. The third kappa shape index (κ3) is 6.08. The van der Waals surface area contributed by atoms with E-state index in [0.717, 1.165) is 55.9 Å². The Balaban J connectivity index is 1.11. The topological polar surface area (TPSA) is 55.5 Å². The van der Waals surface area contributed by atoms with Crippen LogP contribution < -0.4 is 15.8 Å². The Hall–Kier alpha value is -7.76. The monoisotopic (exact) mass is 734 g/mol. The van der Waals surface area contributed by atoms with E-state index in [1.807, 2.05) is 97.1 Å². The predicted molar refractivity (Wildman–Crippen MR) is 234 cm³/mol. The van der Waals surface area contributed by atoms with Crippen molar-refractivity contribution in [2.45, 2.75) is 0 Å². The Morgan fingerprint density at radius 2 is 0.842 bits per heavy atom. The van der Waals surface area contributed by atoms with Gasteiger partial charge in [0.2, 0.25) is 0 Å². The van der Waals surface area contributed by atoms with Crippen molar-refractivity contribution < 1.29 is 4.42 Å². The molecule has 0 saturated carbocycles. The van der Waals surface area contributed by atoms with E-state index in [9.17, 15) is 9.59 Å². The van der Waals surface area contributed by atoms with Gasteiger partial charge in [0.25, 0.3) is 0 Å². The molecular weight excluding hydrogens is 701 g/mol. The summed E-state index contributed by atoms with van der Waals surface area (Å²) < 4.78 is 8.75. The lowest BCUT2D eigenvalue weighted by atomic mass is 9.98. The van der Waals surface area contributed by atoms with Gasteiger partial charge in [0.15, 0.2) is 16.4 Å². The van der Waals surface area contributed by atoms with Crippen LogP contribution in [-0.2, 0) is 0 Å². The molecule has 0 fully saturated rings. The van der Waals surface area contributed by atoms with E-state index in [1.165, 1.54) is 0 Å². The Morgan fingerprint density at radius 3 is 1.40 bits per heavy atom. The maximum atomic E-state index is 14.1. The van der Waals surface area contributed by atoms with Gasteiger partial charge in [-0.2, -0.15) is 0 Å². The summed E-state index contributed by atoms with van der Waals surface area (Å²) in [5, 5.41) is 1.62. The van der Waals surface area contributed by atoms with E-state index < -0.39 is 0 Å². The summed E-state index contributed by atoms with van der Waals surface area (Å²) in [4.78, 5) is 30.1. The molecule has 0 aliphatic rings. The first kappa shape index (κ1) is 33.8. The standard InChI is InChI=1S/C52H34N2O3/c55-49-34-50(38-14-4-1-5-15-38)57-52-45(49)32-39(33-48(52)54-46-22-12-10-20-43(46)51(56)44-21-11-13-23-47(44)54)37-26-24-35(25-27-37)36-28-30-42(31-29-36)53(40-16-6-2-7-17-40)41-18-8-3-9-19-41/h1-34H. The number of aromatic nitrogens is 1. The van der Waals surface area contributed by atoms with Crippen LogP contribution in [0.3, 0.4) is 0 Å². The molecule has 5 heteroatoms. The first-order valence-corrected chi connectivity index (χ1v) is 18.9. The summed E-state index contributed by atoms with van der Waals surface area (Å²) in [7, 11) is 0. The maximum absolute atomic E-state index is 14.1. The van der Waals surface area contributed by atoms with Crippen LogP contribution in [0.1, 0.15) is 0 Å². The molecule has 5 nitrogen and oxygen atoms in total. The van der Waals surface area contributed by atoms with Gasteiger partial charge >= 0.3 is 0 Å². The van der Waals surface area contributed by atoms with Gasteiger partial charge in [-0.15, -0.1) is 0 Å². The zero-order valence-corrected chi connectivity index (χ0v) is 30.7. The van der Waals surface area contributed by atoms with Gasteiger partial charge in [0, 0.05) is 39.5 Å². The Bertz CT molecular complexity index is 3090. The molecule has 2 heterocycles. The number of nitrogens with zero attached hydrogens (tertiary/aromatic N) is 2. The van der Waals surface area contributed by atoms with Crippen LogP contribution in [-0.4, -0.2) is 4.57 Å². The molecule has 0 N–H and O–H groups in total. The van der Waals surface area contributed by atoms with Crippen molar-refractivity contribution in [3.05, 3.63) is 227 Å². The molecule has 0 radical (unpaired) electrons. The second-order valence-corrected chi connectivity index (χ2v) is 14.0. The Labute approximate surface area is 328 Å². The van der Waals surface area contributed by atoms with E-state index in [-0.39, 0.29) is 10.9 Å². The van der Waals surface area contributed by atoms with Gasteiger partial charge in [-0.05, 0) is 95.1 Å². The van der Waals surface area contributed by atoms with Crippen LogP contribution in [0.5, 0.6) is 0 Å². The molecule has 0 amide bonds. The summed E-state index contributed by atoms with van der Waals surface area (Å²) in [5.41, 5.74) is 10.4. The number of hydrogen-bond donors (Lipinski definition) is 0. The highest BCUT2D eigenvalue weighted by Gasteiger charge is 2.19. The van der Waals surface area contributed by atoms with Gasteiger partial charge in [-0.3, -0.25) is 9.59 Å². The van der Waals surface area contributed by atoms with Crippen molar-refractivity contribution in [2.75, 3.05) is 4.90 Å². The average Bonchev–Trinajstić information content (AvgIpc) is 3.28. The largest absolute Gasteiger partial charge is 0.454 e. The van der Waals surface area contributed by atoms with Gasteiger partial charge < -0.3 is 13.9 Å². The van der Waals surface area contributed by atoms with Crippen molar-refractivity contribution in [1.29, 1.82) is 0 Å².